The van der Waals surface area contributed by atoms with E-state index >= 15 is 0 Å². The molecule has 2 aromatic rings. The van der Waals surface area contributed by atoms with E-state index in [0.717, 1.165) is 41.3 Å². The summed E-state index contributed by atoms with van der Waals surface area (Å²) in [7, 11) is 0. The number of nitrogens with one attached hydrogen (secondary N) is 2. The van der Waals surface area contributed by atoms with E-state index < -0.39 is 0 Å². The monoisotopic (exact) mass is 495 g/mol. The van der Waals surface area contributed by atoms with Crippen LogP contribution in [0.1, 0.15) is 88.8 Å². The second kappa shape index (κ2) is 14.4. The first-order chi connectivity index (χ1) is 17.9. The highest BCUT2D eigenvalue weighted by Gasteiger charge is 2.13. The number of aryl methyl sites for hydroxylation is 1. The molecule has 0 saturated heterocycles. The Bertz CT molecular complexity index is 1140. The van der Waals surface area contributed by atoms with E-state index in [1.54, 1.807) is 0 Å². The third-order valence-corrected chi connectivity index (χ3v) is 7.13. The number of rotatable bonds is 14. The van der Waals surface area contributed by atoms with Crippen molar-refractivity contribution in [2.45, 2.75) is 79.1 Å². The first kappa shape index (κ1) is 28.2. The van der Waals surface area contributed by atoms with Crippen LogP contribution in [-0.4, -0.2) is 5.71 Å². The molecular weight excluding hydrogens is 450 g/mol. The van der Waals surface area contributed by atoms with Gasteiger partial charge in [0, 0.05) is 23.3 Å². The second-order valence-electron chi connectivity index (χ2n) is 10.2. The maximum absolute atomic E-state index is 4.44. The molecule has 3 heteroatoms. The molecule has 0 fully saturated rings. The van der Waals surface area contributed by atoms with Gasteiger partial charge in [-0.2, -0.15) is 0 Å². The summed E-state index contributed by atoms with van der Waals surface area (Å²) in [5.41, 5.74) is 10.1. The third kappa shape index (κ3) is 8.63. The summed E-state index contributed by atoms with van der Waals surface area (Å²) in [6.45, 7) is 17.5. The van der Waals surface area contributed by atoms with Crippen LogP contribution in [0.2, 0.25) is 0 Å². The SMILES string of the molecule is C=C(Nc1ccc(/C(C)=C/c2cc(NC(=C)C(CCCC)CCCC)ccc2C)cc1)C1=NC=CCC1. The predicted octanol–water partition coefficient (Wildman–Crippen LogP) is 10.2. The number of hydrogen-bond donors (Lipinski definition) is 2. The summed E-state index contributed by atoms with van der Waals surface area (Å²) < 4.78 is 0. The number of benzene rings is 2. The van der Waals surface area contributed by atoms with Crippen molar-refractivity contribution < 1.29 is 0 Å². The minimum absolute atomic E-state index is 0.534. The zero-order chi connectivity index (χ0) is 26.6. The van der Waals surface area contributed by atoms with Crippen molar-refractivity contribution in [2.75, 3.05) is 10.6 Å². The molecule has 0 unspecified atom stereocenters. The fourth-order valence-corrected chi connectivity index (χ4v) is 4.67. The highest BCUT2D eigenvalue weighted by Crippen LogP contribution is 2.28. The quantitative estimate of drug-likeness (QED) is 0.256. The Kier molecular flexibility index (Phi) is 11.0. The number of nitrogens with zero attached hydrogens (tertiary/aromatic N) is 1. The Hall–Kier alpha value is -3.33. The molecule has 2 aromatic carbocycles. The summed E-state index contributed by atoms with van der Waals surface area (Å²) in [6.07, 6.45) is 15.6. The molecule has 1 aliphatic heterocycles. The molecule has 0 bridgehead atoms. The zero-order valence-corrected chi connectivity index (χ0v) is 23.4. The van der Waals surface area contributed by atoms with E-state index in [4.69, 9.17) is 0 Å². The van der Waals surface area contributed by atoms with E-state index in [0.29, 0.717) is 5.92 Å². The molecule has 0 aromatic heterocycles. The van der Waals surface area contributed by atoms with Gasteiger partial charge in [-0.25, -0.2) is 0 Å². The van der Waals surface area contributed by atoms with Crippen LogP contribution in [0.5, 0.6) is 0 Å². The Balaban J connectivity index is 1.69. The Morgan fingerprint density at radius 2 is 1.65 bits per heavy atom. The smallest absolute Gasteiger partial charge is 0.0634 e. The molecule has 0 spiro atoms. The van der Waals surface area contributed by atoms with Gasteiger partial charge in [0.2, 0.25) is 0 Å². The summed E-state index contributed by atoms with van der Waals surface area (Å²) in [5.74, 6) is 0.534. The third-order valence-electron chi connectivity index (χ3n) is 7.13. The second-order valence-corrected chi connectivity index (χ2v) is 10.2. The number of unbranched alkanes of at least 4 members (excludes halogenated alkanes) is 2. The van der Waals surface area contributed by atoms with Crippen LogP contribution < -0.4 is 10.6 Å². The van der Waals surface area contributed by atoms with E-state index in [9.17, 15) is 0 Å². The van der Waals surface area contributed by atoms with Gasteiger partial charge in [0.1, 0.15) is 0 Å². The Morgan fingerprint density at radius 1 is 0.973 bits per heavy atom. The largest absolute Gasteiger partial charge is 0.359 e. The van der Waals surface area contributed by atoms with Crippen molar-refractivity contribution in [3.63, 3.8) is 0 Å². The van der Waals surface area contributed by atoms with Crippen LogP contribution in [0.3, 0.4) is 0 Å². The van der Waals surface area contributed by atoms with E-state index in [-0.39, 0.29) is 0 Å². The molecule has 37 heavy (non-hydrogen) atoms. The molecule has 0 saturated carbocycles. The van der Waals surface area contributed by atoms with Gasteiger partial charge in [0.25, 0.3) is 0 Å². The summed E-state index contributed by atoms with van der Waals surface area (Å²) >= 11 is 0. The van der Waals surface area contributed by atoms with Crippen molar-refractivity contribution in [3.8, 4) is 0 Å². The van der Waals surface area contributed by atoms with Gasteiger partial charge in [0.15, 0.2) is 0 Å². The van der Waals surface area contributed by atoms with Crippen LogP contribution >= 0.6 is 0 Å². The molecule has 196 valence electrons. The number of aliphatic imine (C=N–C) groups is 1. The normalized spacial score (nSPS) is 13.4. The Morgan fingerprint density at radius 3 is 2.27 bits per heavy atom. The van der Waals surface area contributed by atoms with Crippen LogP contribution in [0, 0.1) is 12.8 Å². The molecule has 0 aliphatic carbocycles. The van der Waals surface area contributed by atoms with Gasteiger partial charge in [-0.05, 0) is 92.0 Å². The first-order valence-corrected chi connectivity index (χ1v) is 13.9. The minimum atomic E-state index is 0.534. The van der Waals surface area contributed by atoms with E-state index in [1.807, 2.05) is 6.20 Å². The molecule has 1 heterocycles. The fraction of sp³-hybridized carbons (Fsp3) is 0.382. The van der Waals surface area contributed by atoms with Gasteiger partial charge in [0.05, 0.1) is 11.4 Å². The van der Waals surface area contributed by atoms with Gasteiger partial charge in [-0.3, -0.25) is 4.99 Å². The first-order valence-electron chi connectivity index (χ1n) is 13.9. The van der Waals surface area contributed by atoms with Crippen LogP contribution in [0.25, 0.3) is 11.6 Å². The topological polar surface area (TPSA) is 36.4 Å². The maximum atomic E-state index is 4.44. The number of allylic oxidation sites excluding steroid dienone is 4. The number of anilines is 2. The minimum Gasteiger partial charge on any atom is -0.359 e. The fourth-order valence-electron chi connectivity index (χ4n) is 4.67. The Labute approximate surface area is 225 Å². The van der Waals surface area contributed by atoms with E-state index in [2.05, 4.69) is 111 Å². The molecular formula is C34H45N3. The van der Waals surface area contributed by atoms with Crippen molar-refractivity contribution in [1.29, 1.82) is 0 Å². The van der Waals surface area contributed by atoms with Crippen molar-refractivity contribution in [1.82, 2.24) is 0 Å². The molecule has 2 N–H and O–H groups in total. The average Bonchev–Trinajstić information content (AvgIpc) is 2.91. The zero-order valence-electron chi connectivity index (χ0n) is 23.4. The van der Waals surface area contributed by atoms with Gasteiger partial charge >= 0.3 is 0 Å². The standard InChI is InChI=1S/C34H45N3/c1-7-9-13-30(14-10-8-2)27(5)36-33-19-16-25(3)31(24-33)23-26(4)29-17-20-32(21-18-29)37-28(6)34-15-11-12-22-35-34/h12,16-24,30,36-37H,5-11,13-15H2,1-4H3/b26-23+. The van der Waals surface area contributed by atoms with Crippen LogP contribution in [0.15, 0.2) is 84.3 Å². The van der Waals surface area contributed by atoms with Crippen molar-refractivity contribution in [3.05, 3.63) is 96.0 Å². The highest BCUT2D eigenvalue weighted by molar-refractivity contribution is 6.02. The van der Waals surface area contributed by atoms with E-state index in [1.165, 1.54) is 60.8 Å². The van der Waals surface area contributed by atoms with Crippen molar-refractivity contribution >= 4 is 28.7 Å². The number of hydrogen-bond acceptors (Lipinski definition) is 3. The lowest BCUT2D eigenvalue weighted by Crippen LogP contribution is -2.11. The summed E-state index contributed by atoms with van der Waals surface area (Å²) in [6, 6.07) is 15.2. The average molecular weight is 496 g/mol. The van der Waals surface area contributed by atoms with Crippen LogP contribution in [0.4, 0.5) is 11.4 Å². The predicted molar refractivity (Wildman–Crippen MR) is 165 cm³/mol. The lowest BCUT2D eigenvalue weighted by molar-refractivity contribution is 0.478. The highest BCUT2D eigenvalue weighted by atomic mass is 14.9. The van der Waals surface area contributed by atoms with Gasteiger partial charge < -0.3 is 10.6 Å². The van der Waals surface area contributed by atoms with Gasteiger partial charge in [-0.1, -0.05) is 83.0 Å². The maximum Gasteiger partial charge on any atom is 0.0634 e. The van der Waals surface area contributed by atoms with Crippen molar-refractivity contribution in [2.24, 2.45) is 10.9 Å². The van der Waals surface area contributed by atoms with Crippen LogP contribution in [-0.2, 0) is 0 Å². The molecule has 0 amide bonds. The lowest BCUT2D eigenvalue weighted by atomic mass is 9.93. The molecule has 0 atom stereocenters. The summed E-state index contributed by atoms with van der Waals surface area (Å²) in [5, 5.41) is 7.04. The molecule has 0 radical (unpaired) electrons. The molecule has 3 nitrogen and oxygen atoms in total. The molecule has 1 aliphatic rings. The molecule has 3 rings (SSSR count). The lowest BCUT2D eigenvalue weighted by Gasteiger charge is -2.21. The van der Waals surface area contributed by atoms with Gasteiger partial charge in [-0.15, -0.1) is 0 Å². The summed E-state index contributed by atoms with van der Waals surface area (Å²) in [4.78, 5) is 4.44.